The molecule has 4 bridgehead atoms. The second kappa shape index (κ2) is 29.2. The molecule has 1 unspecified atom stereocenters. The van der Waals surface area contributed by atoms with E-state index in [9.17, 15) is 48.3 Å². The van der Waals surface area contributed by atoms with Crippen molar-refractivity contribution in [1.29, 1.82) is 0 Å². The van der Waals surface area contributed by atoms with Gasteiger partial charge in [0.1, 0.15) is 46.1 Å². The number of ether oxygens (including phenoxy) is 5. The first-order valence-electron chi connectivity index (χ1n) is 28.9. The van der Waals surface area contributed by atoms with Gasteiger partial charge in [-0.25, -0.2) is 9.59 Å². The van der Waals surface area contributed by atoms with Crippen LogP contribution >= 0.6 is 11.6 Å². The Morgan fingerprint density at radius 1 is 0.988 bits per heavy atom. The Kier molecular flexibility index (Phi) is 23.2. The molecule has 4 aliphatic heterocycles. The summed E-state index contributed by atoms with van der Waals surface area (Å²) in [6, 6.07) is 3.86. The van der Waals surface area contributed by atoms with Gasteiger partial charge in [-0.15, -0.1) is 0 Å². The number of rotatable bonds is 22. The predicted octanol–water partition coefficient (Wildman–Crippen LogP) is 7.87. The van der Waals surface area contributed by atoms with E-state index in [1.54, 1.807) is 58.9 Å². The Labute approximate surface area is 503 Å². The van der Waals surface area contributed by atoms with Gasteiger partial charge in [0.15, 0.2) is 5.78 Å². The fourth-order valence-corrected chi connectivity index (χ4v) is 11.8. The van der Waals surface area contributed by atoms with Gasteiger partial charge in [0.2, 0.25) is 23.6 Å². The maximum atomic E-state index is 15.1. The van der Waals surface area contributed by atoms with E-state index >= 15 is 13.2 Å². The number of benzene rings is 2. The number of carbonyl (C=O) groups is 9. The van der Waals surface area contributed by atoms with Gasteiger partial charge < -0.3 is 50.1 Å². The van der Waals surface area contributed by atoms with Crippen LogP contribution in [-0.2, 0) is 71.5 Å². The fourth-order valence-electron chi connectivity index (χ4n) is 11.5. The SMILES string of the molecule is COc1cc2cc(c1Cl)N(C)C(=O)C[C@H](OC(=O)Nc1ccc(CC(=O)[C@H](CCCNC(N)=O)NC(=O)[C@@H](CC(=O)CCCCCN3C(=O)CC(C)C3=O)C(C)C)c(C(F)(F)F)c1)[C@]1(C)O[C@H]1[C@H](C)[C@@H]1C[C@@](O)(CC(=O)O1)[C@H](OC)/C=C/C=C(\C)C2. The van der Waals surface area contributed by atoms with Crippen LogP contribution in [0.15, 0.2) is 54.1 Å². The molecule has 86 heavy (non-hydrogen) atoms. The number of esters is 1. The van der Waals surface area contributed by atoms with Crippen LogP contribution in [0.1, 0.15) is 129 Å². The summed E-state index contributed by atoms with van der Waals surface area (Å²) in [4.78, 5) is 121. The van der Waals surface area contributed by atoms with Crippen molar-refractivity contribution >= 4 is 76.3 Å². The molecule has 3 fully saturated rings. The zero-order valence-electron chi connectivity index (χ0n) is 50.1. The Hall–Kier alpha value is -6.89. The van der Waals surface area contributed by atoms with Crippen LogP contribution in [0.3, 0.4) is 0 Å². The number of alkyl halides is 3. The minimum absolute atomic E-state index is 0.0378. The topological polar surface area (TPSA) is 292 Å². The molecule has 4 aliphatic rings. The number of imide groups is 1. The highest BCUT2D eigenvalue weighted by molar-refractivity contribution is 6.35. The third-order valence-electron chi connectivity index (χ3n) is 16.6. The predicted molar refractivity (Wildman–Crippen MR) is 310 cm³/mol. The summed E-state index contributed by atoms with van der Waals surface area (Å²) in [5.74, 6) is -5.71. The minimum Gasteiger partial charge on any atom is -0.495 e. The van der Waals surface area contributed by atoms with E-state index in [4.69, 9.17) is 41.0 Å². The molecular formula is C61H80ClF3N6O15. The molecule has 0 radical (unpaired) electrons. The van der Waals surface area contributed by atoms with Gasteiger partial charge in [0, 0.05) is 82.8 Å². The maximum Gasteiger partial charge on any atom is 0.416 e. The summed E-state index contributed by atoms with van der Waals surface area (Å²) in [6.07, 6.45) is -5.60. The number of epoxide rings is 1. The lowest BCUT2D eigenvalue weighted by atomic mass is 9.78. The summed E-state index contributed by atoms with van der Waals surface area (Å²) in [5, 5.41) is 19.4. The van der Waals surface area contributed by atoms with Gasteiger partial charge in [-0.05, 0) is 87.3 Å². The quantitative estimate of drug-likeness (QED) is 0.0324. The number of Topliss-reactive ketones (excluding diaryl/α,β-unsaturated/α-hetero) is 2. The van der Waals surface area contributed by atoms with E-state index in [-0.39, 0.29) is 91.6 Å². The van der Waals surface area contributed by atoms with Gasteiger partial charge >= 0.3 is 24.3 Å². The molecule has 21 nitrogen and oxygen atoms in total. The van der Waals surface area contributed by atoms with Crippen LogP contribution in [0.5, 0.6) is 5.75 Å². The van der Waals surface area contributed by atoms with E-state index in [2.05, 4.69) is 16.0 Å². The number of anilines is 2. The van der Waals surface area contributed by atoms with E-state index in [0.717, 1.165) is 17.7 Å². The van der Waals surface area contributed by atoms with Crippen molar-refractivity contribution in [2.75, 3.05) is 44.6 Å². The maximum absolute atomic E-state index is 15.1. The third kappa shape index (κ3) is 17.4. The highest BCUT2D eigenvalue weighted by atomic mass is 35.5. The Bertz CT molecular complexity index is 2960. The number of primary amides is 1. The van der Waals surface area contributed by atoms with Crippen LogP contribution in [0.2, 0.25) is 5.02 Å². The molecule has 2 aromatic carbocycles. The second-order valence-electron chi connectivity index (χ2n) is 23.5. The Balaban J connectivity index is 1.21. The van der Waals surface area contributed by atoms with E-state index in [1.165, 1.54) is 31.1 Å². The van der Waals surface area contributed by atoms with Gasteiger partial charge in [0.25, 0.3) is 0 Å². The first-order chi connectivity index (χ1) is 40.4. The lowest BCUT2D eigenvalue weighted by molar-refractivity contribution is -0.187. The molecule has 7 amide bonds. The van der Waals surface area contributed by atoms with Crippen LogP contribution in [0.25, 0.3) is 0 Å². The number of methoxy groups -OCH3 is 2. The molecule has 4 heterocycles. The molecule has 0 aliphatic carbocycles. The number of aliphatic hydroxyl groups is 1. The Morgan fingerprint density at radius 2 is 1.71 bits per heavy atom. The minimum atomic E-state index is -5.10. The zero-order chi connectivity index (χ0) is 63.6. The van der Waals surface area contributed by atoms with Crippen molar-refractivity contribution in [3.63, 3.8) is 0 Å². The highest BCUT2D eigenvalue weighted by Gasteiger charge is 2.64. The average molecular weight is 1230 g/mol. The normalized spacial score (nSPS) is 26.2. The average Bonchev–Trinajstić information content (AvgIpc) is 1.66. The Morgan fingerprint density at radius 3 is 2.35 bits per heavy atom. The van der Waals surface area contributed by atoms with E-state index in [1.807, 2.05) is 13.0 Å². The second-order valence-corrected chi connectivity index (χ2v) is 23.9. The largest absolute Gasteiger partial charge is 0.495 e. The summed E-state index contributed by atoms with van der Waals surface area (Å²) in [6.45, 7) is 10.4. The fraction of sp³-hybridized carbons (Fsp3) is 0.590. The number of allylic oxidation sites excluding steroid dienone is 3. The highest BCUT2D eigenvalue weighted by Crippen LogP contribution is 2.50. The van der Waals surface area contributed by atoms with Gasteiger partial charge in [-0.1, -0.05) is 75.6 Å². The number of hydrogen-bond acceptors (Lipinski definition) is 15. The van der Waals surface area contributed by atoms with Gasteiger partial charge in [-0.3, -0.25) is 43.8 Å². The van der Waals surface area contributed by atoms with Crippen LogP contribution in [0, 0.1) is 23.7 Å². The number of urea groups is 1. The molecule has 25 heteroatoms. The molecule has 0 saturated carbocycles. The summed E-state index contributed by atoms with van der Waals surface area (Å²) in [7, 11) is 4.26. The van der Waals surface area contributed by atoms with Crippen molar-refractivity contribution in [2.45, 2.75) is 173 Å². The lowest BCUT2D eigenvalue weighted by Crippen LogP contribution is -2.53. The molecule has 3 saturated heterocycles. The molecule has 6 rings (SSSR count). The number of fused-ring (bicyclic) bond motifs is 5. The van der Waals surface area contributed by atoms with E-state index in [0.29, 0.717) is 37.3 Å². The van der Waals surface area contributed by atoms with Gasteiger partial charge in [0.05, 0.1) is 43.3 Å². The van der Waals surface area contributed by atoms with Crippen molar-refractivity contribution in [1.82, 2.24) is 15.5 Å². The number of ketones is 2. The molecule has 2 aromatic rings. The number of amides is 7. The molecular weight excluding hydrogens is 1150 g/mol. The number of nitrogens with zero attached hydrogens (tertiary/aromatic N) is 2. The van der Waals surface area contributed by atoms with Gasteiger partial charge in [-0.2, -0.15) is 13.2 Å². The van der Waals surface area contributed by atoms with Crippen molar-refractivity contribution in [3.8, 4) is 5.75 Å². The number of halogens is 4. The monoisotopic (exact) mass is 1230 g/mol. The standard InChI is InChI=1S/C61H80ClF3N6O15/c1-33(2)41(29-40(72)16-11-10-12-22-71-51(75)24-35(4)56(71)78)55(77)69-43(17-14-21-67-57(66)79)45(73)27-38-19-20-39(28-42(38)61(63,64)65)68-58(80)85-49-30-50(74)70(7)44-25-37(26-46(82-8)53(44)62)23-34(3)15-13-18-48(83-9)60(81)31-47(84-52(76)32-60)36(5)54-59(49,6)86-54/h13,15,18-20,25-26,28,33,35-36,41,43,47-49,54,81H,10-12,14,16-17,21-24,27,29-32H2,1-9H3,(H,68,80)(H,69,77)(H3,66,67,79)/b18-13+,34-15+/t35?,36-,41+,43+,47+,48-,49+,54+,59+,60-/m1/s1. The van der Waals surface area contributed by atoms with Crippen LogP contribution in [-0.4, -0.2) is 139 Å². The first kappa shape index (κ1) is 68.2. The number of hydrogen-bond donors (Lipinski definition) is 5. The van der Waals surface area contributed by atoms with Crippen molar-refractivity contribution in [2.24, 2.45) is 29.4 Å². The molecule has 472 valence electrons. The zero-order valence-corrected chi connectivity index (χ0v) is 50.8. The van der Waals surface area contributed by atoms with Crippen molar-refractivity contribution < 1.29 is 85.1 Å². The molecule has 0 aromatic heterocycles. The number of carbonyl (C=O) groups excluding carboxylic acids is 9. The van der Waals surface area contributed by atoms with Crippen LogP contribution in [0.4, 0.5) is 34.1 Å². The summed E-state index contributed by atoms with van der Waals surface area (Å²) in [5.41, 5.74) is 1.54. The molecule has 0 spiro atoms. The number of nitrogens with one attached hydrogen (secondary N) is 3. The number of likely N-dealkylation sites (tertiary alicyclic amines) is 1. The number of nitrogens with two attached hydrogens (primary N) is 1. The summed E-state index contributed by atoms with van der Waals surface area (Å²) >= 11 is 6.80. The summed E-state index contributed by atoms with van der Waals surface area (Å²) < 4.78 is 74.4. The molecule has 6 N–H and O–H groups in total. The van der Waals surface area contributed by atoms with Crippen molar-refractivity contribution in [3.05, 3.63) is 75.8 Å². The lowest BCUT2D eigenvalue weighted by Gasteiger charge is -2.41. The van der Waals surface area contributed by atoms with Crippen LogP contribution < -0.4 is 31.3 Å². The molecule has 10 atom stereocenters. The first-order valence-corrected chi connectivity index (χ1v) is 29.3. The van der Waals surface area contributed by atoms with E-state index < -0.39 is 137 Å². The number of unbranched alkanes of at least 4 members (excludes halogenated alkanes) is 2. The third-order valence-corrected chi connectivity index (χ3v) is 16.9. The smallest absolute Gasteiger partial charge is 0.416 e.